The average Bonchev–Trinajstić information content (AvgIpc) is 2.82. The van der Waals surface area contributed by atoms with Gasteiger partial charge in [0.25, 0.3) is 5.91 Å². The molecular formula is C27H31ClN2O3. The van der Waals surface area contributed by atoms with E-state index in [0.29, 0.717) is 29.7 Å². The maximum atomic E-state index is 13.4. The fraction of sp³-hybridized carbons (Fsp3) is 0.333. The SMILES string of the molecule is CC[C@@H](C(=O)NCC(C)C)N(Cc1ccccc1Cl)C(=O)COc1cccc2ccccc12. The lowest BCUT2D eigenvalue weighted by Crippen LogP contribution is -2.50. The van der Waals surface area contributed by atoms with Crippen molar-refractivity contribution < 1.29 is 14.3 Å². The Morgan fingerprint density at radius 3 is 2.42 bits per heavy atom. The van der Waals surface area contributed by atoms with Gasteiger partial charge in [0.05, 0.1) is 0 Å². The monoisotopic (exact) mass is 466 g/mol. The molecule has 0 radical (unpaired) electrons. The van der Waals surface area contributed by atoms with Crippen LogP contribution in [0.4, 0.5) is 0 Å². The second-order valence-corrected chi connectivity index (χ2v) is 8.85. The summed E-state index contributed by atoms with van der Waals surface area (Å²) in [5.74, 6) is 0.511. The van der Waals surface area contributed by atoms with Gasteiger partial charge in [-0.05, 0) is 35.4 Å². The summed E-state index contributed by atoms with van der Waals surface area (Å²) in [5, 5.41) is 5.49. The highest BCUT2D eigenvalue weighted by molar-refractivity contribution is 6.31. The Kier molecular flexibility index (Phi) is 8.72. The highest BCUT2D eigenvalue weighted by Crippen LogP contribution is 2.26. The number of carbonyl (C=O) groups excluding carboxylic acids is 2. The molecule has 0 aliphatic heterocycles. The number of carbonyl (C=O) groups is 2. The number of rotatable bonds is 10. The zero-order valence-electron chi connectivity index (χ0n) is 19.4. The predicted molar refractivity (Wildman–Crippen MR) is 133 cm³/mol. The van der Waals surface area contributed by atoms with Gasteiger partial charge in [-0.1, -0.05) is 87.0 Å². The second kappa shape index (κ2) is 11.7. The summed E-state index contributed by atoms with van der Waals surface area (Å²) in [5.41, 5.74) is 0.785. The van der Waals surface area contributed by atoms with Crippen LogP contribution in [-0.2, 0) is 16.1 Å². The number of nitrogens with one attached hydrogen (secondary N) is 1. The van der Waals surface area contributed by atoms with Crippen LogP contribution in [0.5, 0.6) is 5.75 Å². The maximum absolute atomic E-state index is 13.4. The van der Waals surface area contributed by atoms with Crippen LogP contribution >= 0.6 is 11.6 Å². The van der Waals surface area contributed by atoms with E-state index in [2.05, 4.69) is 5.32 Å². The predicted octanol–water partition coefficient (Wildman–Crippen LogP) is 5.45. The highest BCUT2D eigenvalue weighted by atomic mass is 35.5. The van der Waals surface area contributed by atoms with Crippen LogP contribution in [-0.4, -0.2) is 35.9 Å². The lowest BCUT2D eigenvalue weighted by Gasteiger charge is -2.31. The molecule has 0 aromatic heterocycles. The molecule has 0 spiro atoms. The first kappa shape index (κ1) is 24.6. The van der Waals surface area contributed by atoms with Crippen LogP contribution in [0.15, 0.2) is 66.7 Å². The molecule has 3 aromatic carbocycles. The number of hydrogen-bond donors (Lipinski definition) is 1. The van der Waals surface area contributed by atoms with Crippen molar-refractivity contribution >= 4 is 34.2 Å². The Balaban J connectivity index is 1.83. The molecular weight excluding hydrogens is 436 g/mol. The highest BCUT2D eigenvalue weighted by Gasteiger charge is 2.29. The Morgan fingerprint density at radius 1 is 1.00 bits per heavy atom. The van der Waals surface area contributed by atoms with Gasteiger partial charge >= 0.3 is 0 Å². The molecule has 0 heterocycles. The molecule has 2 amide bonds. The first-order chi connectivity index (χ1) is 15.9. The molecule has 0 fully saturated rings. The first-order valence-corrected chi connectivity index (χ1v) is 11.7. The van der Waals surface area contributed by atoms with E-state index < -0.39 is 6.04 Å². The Bertz CT molecular complexity index is 1090. The van der Waals surface area contributed by atoms with Gasteiger partial charge in [0.15, 0.2) is 6.61 Å². The largest absolute Gasteiger partial charge is 0.483 e. The van der Waals surface area contributed by atoms with Crippen molar-refractivity contribution in [3.63, 3.8) is 0 Å². The molecule has 3 rings (SSSR count). The number of nitrogens with zero attached hydrogens (tertiary/aromatic N) is 1. The second-order valence-electron chi connectivity index (χ2n) is 8.44. The van der Waals surface area contributed by atoms with Crippen molar-refractivity contribution in [3.8, 4) is 5.75 Å². The minimum absolute atomic E-state index is 0.170. The van der Waals surface area contributed by atoms with Gasteiger partial charge in [0.1, 0.15) is 11.8 Å². The third-order valence-corrected chi connectivity index (χ3v) is 5.84. The molecule has 1 atom stereocenters. The van der Waals surface area contributed by atoms with Crippen molar-refractivity contribution in [2.75, 3.05) is 13.2 Å². The average molecular weight is 467 g/mol. The van der Waals surface area contributed by atoms with Crippen LogP contribution in [0, 0.1) is 5.92 Å². The fourth-order valence-corrected chi connectivity index (χ4v) is 3.89. The van der Waals surface area contributed by atoms with Crippen LogP contribution in [0.3, 0.4) is 0 Å². The summed E-state index contributed by atoms with van der Waals surface area (Å²) in [6.45, 7) is 6.57. The van der Waals surface area contributed by atoms with Crippen molar-refractivity contribution in [2.24, 2.45) is 5.92 Å². The summed E-state index contributed by atoms with van der Waals surface area (Å²) in [4.78, 5) is 27.9. The summed E-state index contributed by atoms with van der Waals surface area (Å²) in [6.07, 6.45) is 0.481. The van der Waals surface area contributed by atoms with Gasteiger partial charge in [-0.15, -0.1) is 0 Å². The molecule has 174 valence electrons. The van der Waals surface area contributed by atoms with Gasteiger partial charge in [-0.3, -0.25) is 9.59 Å². The fourth-order valence-electron chi connectivity index (χ4n) is 3.70. The van der Waals surface area contributed by atoms with E-state index in [4.69, 9.17) is 16.3 Å². The van der Waals surface area contributed by atoms with E-state index in [0.717, 1.165) is 16.3 Å². The lowest BCUT2D eigenvalue weighted by molar-refractivity contribution is -0.143. The molecule has 0 saturated carbocycles. The molecule has 0 bridgehead atoms. The summed E-state index contributed by atoms with van der Waals surface area (Å²) < 4.78 is 5.95. The van der Waals surface area contributed by atoms with Crippen molar-refractivity contribution in [3.05, 3.63) is 77.3 Å². The van der Waals surface area contributed by atoms with Crippen molar-refractivity contribution in [1.29, 1.82) is 0 Å². The topological polar surface area (TPSA) is 58.6 Å². The number of hydrogen-bond acceptors (Lipinski definition) is 3. The Labute approximate surface area is 200 Å². The van der Waals surface area contributed by atoms with E-state index in [-0.39, 0.29) is 25.0 Å². The molecule has 0 saturated heterocycles. The normalized spacial score (nSPS) is 11.9. The number of fused-ring (bicyclic) bond motifs is 1. The number of benzene rings is 3. The Hall–Kier alpha value is -3.05. The van der Waals surface area contributed by atoms with E-state index in [9.17, 15) is 9.59 Å². The quantitative estimate of drug-likeness (QED) is 0.432. The van der Waals surface area contributed by atoms with Crippen molar-refractivity contribution in [2.45, 2.75) is 39.8 Å². The first-order valence-electron chi connectivity index (χ1n) is 11.3. The van der Waals surface area contributed by atoms with Gasteiger partial charge in [-0.25, -0.2) is 0 Å². The zero-order valence-corrected chi connectivity index (χ0v) is 20.1. The van der Waals surface area contributed by atoms with Gasteiger partial charge in [0.2, 0.25) is 5.91 Å². The van der Waals surface area contributed by atoms with Crippen LogP contribution in [0.1, 0.15) is 32.8 Å². The molecule has 0 aliphatic rings. The standard InChI is InChI=1S/C27H31ClN2O3/c1-4-24(27(32)29-16-19(2)3)30(17-21-11-6-8-14-23(21)28)26(31)18-33-25-15-9-12-20-10-5-7-13-22(20)25/h5-15,19,24H,4,16-18H2,1-3H3,(H,29,32)/t24-/m0/s1. The summed E-state index contributed by atoms with van der Waals surface area (Å²) in [7, 11) is 0. The van der Waals surface area contributed by atoms with Crippen LogP contribution < -0.4 is 10.1 Å². The van der Waals surface area contributed by atoms with Gasteiger partial charge in [-0.2, -0.15) is 0 Å². The minimum atomic E-state index is -0.622. The van der Waals surface area contributed by atoms with E-state index in [1.807, 2.05) is 81.4 Å². The number of ether oxygens (including phenoxy) is 1. The number of amides is 2. The molecule has 6 heteroatoms. The van der Waals surface area contributed by atoms with Crippen molar-refractivity contribution in [1.82, 2.24) is 10.2 Å². The molecule has 0 aliphatic carbocycles. The third kappa shape index (κ3) is 6.48. The smallest absolute Gasteiger partial charge is 0.261 e. The number of halogens is 1. The zero-order chi connectivity index (χ0) is 23.8. The van der Waals surface area contributed by atoms with Crippen LogP contribution in [0.2, 0.25) is 5.02 Å². The molecule has 3 aromatic rings. The molecule has 0 unspecified atom stereocenters. The molecule has 1 N–H and O–H groups in total. The summed E-state index contributed by atoms with van der Waals surface area (Å²) >= 11 is 6.37. The van der Waals surface area contributed by atoms with Gasteiger partial charge < -0.3 is 15.0 Å². The molecule has 5 nitrogen and oxygen atoms in total. The minimum Gasteiger partial charge on any atom is -0.483 e. The van der Waals surface area contributed by atoms with E-state index in [1.54, 1.807) is 11.0 Å². The third-order valence-electron chi connectivity index (χ3n) is 5.47. The summed E-state index contributed by atoms with van der Waals surface area (Å²) in [6, 6.07) is 20.4. The van der Waals surface area contributed by atoms with E-state index >= 15 is 0 Å². The Morgan fingerprint density at radius 2 is 1.70 bits per heavy atom. The van der Waals surface area contributed by atoms with E-state index in [1.165, 1.54) is 0 Å². The maximum Gasteiger partial charge on any atom is 0.261 e. The van der Waals surface area contributed by atoms with Gasteiger partial charge in [0, 0.05) is 23.5 Å². The lowest BCUT2D eigenvalue weighted by atomic mass is 10.1. The molecule has 33 heavy (non-hydrogen) atoms. The van der Waals surface area contributed by atoms with Crippen LogP contribution in [0.25, 0.3) is 10.8 Å².